The molecule has 1 rings (SSSR count). The topological polar surface area (TPSA) is 132 Å². The van der Waals surface area contributed by atoms with Crippen LogP contribution in [0.5, 0.6) is 11.5 Å². The highest BCUT2D eigenvalue weighted by molar-refractivity contribution is 5.88. The lowest BCUT2D eigenvalue weighted by Crippen LogP contribution is -2.22. The van der Waals surface area contributed by atoms with Crippen LogP contribution in [0, 0.1) is 0 Å². The molecule has 0 saturated heterocycles. The van der Waals surface area contributed by atoms with Crippen LogP contribution in [-0.4, -0.2) is 63.1 Å². The van der Waals surface area contributed by atoms with Gasteiger partial charge >= 0.3 is 5.97 Å². The van der Waals surface area contributed by atoms with Gasteiger partial charge in [0.1, 0.15) is 0 Å². The van der Waals surface area contributed by atoms with E-state index >= 15 is 0 Å². The van der Waals surface area contributed by atoms with Crippen LogP contribution < -0.4 is 25.4 Å². The number of hydrogen-bond donors (Lipinski definition) is 3. The second-order valence-corrected chi connectivity index (χ2v) is 8.51. The number of amides is 3. The van der Waals surface area contributed by atoms with E-state index in [-0.39, 0.29) is 24.3 Å². The highest BCUT2D eigenvalue weighted by Gasteiger charge is 2.08. The first kappa shape index (κ1) is 33.7. The Morgan fingerprint density at radius 3 is 1.62 bits per heavy atom. The van der Waals surface area contributed by atoms with Crippen molar-refractivity contribution in [3.05, 3.63) is 67.8 Å². The molecule has 0 aromatic heterocycles. The van der Waals surface area contributed by atoms with Crippen molar-refractivity contribution < 1.29 is 33.4 Å². The third kappa shape index (κ3) is 16.5. The lowest BCUT2D eigenvalue weighted by atomic mass is 10.2. The van der Waals surface area contributed by atoms with Crippen molar-refractivity contribution in [3.8, 4) is 11.5 Å². The summed E-state index contributed by atoms with van der Waals surface area (Å²) in [6.07, 6.45) is 10.9. The maximum absolute atomic E-state index is 12.1. The van der Waals surface area contributed by atoms with Crippen LogP contribution in [0.25, 0.3) is 6.08 Å². The molecule has 0 radical (unpaired) electrons. The van der Waals surface area contributed by atoms with Crippen LogP contribution in [0.15, 0.2) is 62.2 Å². The normalized spacial score (nSPS) is 10.3. The summed E-state index contributed by atoms with van der Waals surface area (Å²) in [5.74, 6) is -0.0161. The third-order valence-corrected chi connectivity index (χ3v) is 5.31. The molecule has 0 heterocycles. The Balaban J connectivity index is 2.60. The quantitative estimate of drug-likeness (QED) is 0.114. The first-order chi connectivity index (χ1) is 19.4. The van der Waals surface area contributed by atoms with E-state index in [9.17, 15) is 19.2 Å². The summed E-state index contributed by atoms with van der Waals surface area (Å²) in [5, 5.41) is 8.11. The Hall–Kier alpha value is -4.34. The van der Waals surface area contributed by atoms with E-state index in [2.05, 4.69) is 35.7 Å². The van der Waals surface area contributed by atoms with Crippen molar-refractivity contribution in [2.45, 2.75) is 38.5 Å². The standard InChI is InChI=1S/C30H41N3O7/c1-4-27(34)31-17-7-10-20-38-25-15-13-24(23-26(25)39-21-11-8-18-32-28(35)5-2)14-16-30(37)40-22-12-9-19-33-29(36)6-3/h4-6,13-16,23H,1-3,7-12,17-22H2,(H,31,34)(H,32,35)(H,33,36). The smallest absolute Gasteiger partial charge is 0.330 e. The van der Waals surface area contributed by atoms with E-state index in [0.29, 0.717) is 63.6 Å². The molecular weight excluding hydrogens is 514 g/mol. The number of rotatable bonds is 22. The minimum absolute atomic E-state index is 0.206. The van der Waals surface area contributed by atoms with Crippen molar-refractivity contribution in [2.24, 2.45) is 0 Å². The average molecular weight is 556 g/mol. The van der Waals surface area contributed by atoms with Crippen molar-refractivity contribution in [2.75, 3.05) is 39.5 Å². The number of esters is 1. The lowest BCUT2D eigenvalue weighted by molar-refractivity contribution is -0.137. The van der Waals surface area contributed by atoms with Crippen molar-refractivity contribution in [1.29, 1.82) is 0 Å². The molecule has 0 bridgehead atoms. The van der Waals surface area contributed by atoms with Crippen molar-refractivity contribution in [1.82, 2.24) is 16.0 Å². The zero-order chi connectivity index (χ0) is 29.4. The minimum atomic E-state index is -0.469. The molecule has 0 atom stereocenters. The fourth-order valence-corrected chi connectivity index (χ4v) is 3.14. The van der Waals surface area contributed by atoms with Crippen LogP contribution in [-0.2, 0) is 23.9 Å². The molecule has 10 nitrogen and oxygen atoms in total. The molecule has 1 aromatic rings. The Kier molecular flexibility index (Phi) is 18.2. The monoisotopic (exact) mass is 555 g/mol. The van der Waals surface area contributed by atoms with Gasteiger partial charge in [-0.2, -0.15) is 0 Å². The highest BCUT2D eigenvalue weighted by atomic mass is 16.5. The second kappa shape index (κ2) is 21.6. The summed E-state index contributed by atoms with van der Waals surface area (Å²) in [6.45, 7) is 12.9. The number of carbonyl (C=O) groups is 4. The fourth-order valence-electron chi connectivity index (χ4n) is 3.14. The van der Waals surface area contributed by atoms with Gasteiger partial charge in [-0.15, -0.1) is 0 Å². The third-order valence-electron chi connectivity index (χ3n) is 5.31. The predicted molar refractivity (Wildman–Crippen MR) is 155 cm³/mol. The molecule has 218 valence electrons. The first-order valence-electron chi connectivity index (χ1n) is 13.3. The zero-order valence-corrected chi connectivity index (χ0v) is 23.1. The largest absolute Gasteiger partial charge is 0.490 e. The molecule has 0 aliphatic heterocycles. The Labute approximate surface area is 236 Å². The van der Waals surface area contributed by atoms with Gasteiger partial charge in [-0.1, -0.05) is 25.8 Å². The Bertz CT molecular complexity index is 1020. The van der Waals surface area contributed by atoms with Crippen molar-refractivity contribution in [3.63, 3.8) is 0 Å². The molecule has 10 heteroatoms. The average Bonchev–Trinajstić information content (AvgIpc) is 2.97. The SMILES string of the molecule is C=CC(=O)NCCCCOC(=O)C=Cc1ccc(OCCCCNC(=O)C=C)c(OCCCCNC(=O)C=C)c1. The molecule has 3 N–H and O–H groups in total. The first-order valence-corrected chi connectivity index (χ1v) is 13.3. The van der Waals surface area contributed by atoms with E-state index in [0.717, 1.165) is 24.8 Å². The molecule has 40 heavy (non-hydrogen) atoms. The molecule has 3 amide bonds. The highest BCUT2D eigenvalue weighted by Crippen LogP contribution is 2.29. The van der Waals surface area contributed by atoms with E-state index < -0.39 is 5.97 Å². The second-order valence-electron chi connectivity index (χ2n) is 8.51. The van der Waals surface area contributed by atoms with E-state index in [1.807, 2.05) is 6.07 Å². The van der Waals surface area contributed by atoms with E-state index in [4.69, 9.17) is 14.2 Å². The lowest BCUT2D eigenvalue weighted by Gasteiger charge is -2.14. The molecule has 0 saturated carbocycles. The van der Waals surface area contributed by atoms with Gasteiger partial charge < -0.3 is 30.2 Å². The summed E-state index contributed by atoms with van der Waals surface area (Å²) < 4.78 is 17.1. The maximum Gasteiger partial charge on any atom is 0.330 e. The number of carbonyl (C=O) groups excluding carboxylic acids is 4. The minimum Gasteiger partial charge on any atom is -0.490 e. The Morgan fingerprint density at radius 1 is 0.650 bits per heavy atom. The van der Waals surface area contributed by atoms with E-state index in [1.54, 1.807) is 18.2 Å². The fraction of sp³-hybridized carbons (Fsp3) is 0.400. The maximum atomic E-state index is 12.1. The molecule has 0 unspecified atom stereocenters. The summed E-state index contributed by atoms with van der Waals surface area (Å²) in [4.78, 5) is 45.6. The number of ether oxygens (including phenoxy) is 3. The van der Waals surface area contributed by atoms with Gasteiger partial charge in [-0.05, 0) is 80.5 Å². The molecule has 1 aromatic carbocycles. The van der Waals surface area contributed by atoms with Crippen LogP contribution in [0.1, 0.15) is 44.1 Å². The van der Waals surface area contributed by atoms with Crippen LogP contribution in [0.4, 0.5) is 0 Å². The Morgan fingerprint density at radius 2 is 1.12 bits per heavy atom. The van der Waals surface area contributed by atoms with Gasteiger partial charge in [0.25, 0.3) is 0 Å². The van der Waals surface area contributed by atoms with Gasteiger partial charge in [-0.3, -0.25) is 14.4 Å². The summed E-state index contributed by atoms with van der Waals surface area (Å²) >= 11 is 0. The van der Waals surface area contributed by atoms with Gasteiger partial charge in [0.15, 0.2) is 11.5 Å². The number of unbranched alkanes of at least 4 members (excludes halogenated alkanes) is 3. The van der Waals surface area contributed by atoms with Gasteiger partial charge in [0, 0.05) is 25.7 Å². The molecule has 0 fully saturated rings. The van der Waals surface area contributed by atoms with E-state index in [1.165, 1.54) is 24.3 Å². The molecular formula is C30H41N3O7. The summed E-state index contributed by atoms with van der Waals surface area (Å²) in [5.41, 5.74) is 0.733. The molecule has 0 aliphatic rings. The summed E-state index contributed by atoms with van der Waals surface area (Å²) in [6, 6.07) is 5.37. The number of benzene rings is 1. The van der Waals surface area contributed by atoms with Gasteiger partial charge in [-0.25, -0.2) is 4.79 Å². The van der Waals surface area contributed by atoms with Crippen LogP contribution >= 0.6 is 0 Å². The van der Waals surface area contributed by atoms with Crippen LogP contribution in [0.3, 0.4) is 0 Å². The van der Waals surface area contributed by atoms with Gasteiger partial charge in [0.2, 0.25) is 17.7 Å². The number of nitrogens with one attached hydrogen (secondary N) is 3. The van der Waals surface area contributed by atoms with Crippen LogP contribution in [0.2, 0.25) is 0 Å². The van der Waals surface area contributed by atoms with Gasteiger partial charge in [0.05, 0.1) is 19.8 Å². The summed E-state index contributed by atoms with van der Waals surface area (Å²) in [7, 11) is 0. The van der Waals surface area contributed by atoms with Crippen molar-refractivity contribution >= 4 is 29.8 Å². The zero-order valence-electron chi connectivity index (χ0n) is 23.1. The number of hydrogen-bond acceptors (Lipinski definition) is 7. The predicted octanol–water partition coefficient (Wildman–Crippen LogP) is 3.25. The molecule has 0 spiro atoms. The molecule has 0 aliphatic carbocycles.